The SMILES string of the molecule is CC(=O)O.CC(=O)OCCC1=CCC2CC1C2(C)C. The molecule has 0 heterocycles. The molecule has 0 spiro atoms. The zero-order valence-corrected chi connectivity index (χ0v) is 12.2. The third-order valence-corrected chi connectivity index (χ3v) is 4.28. The van der Waals surface area contributed by atoms with Crippen molar-refractivity contribution >= 4 is 11.9 Å². The highest BCUT2D eigenvalue weighted by Crippen LogP contribution is 2.59. The molecule has 3 aliphatic rings. The van der Waals surface area contributed by atoms with Crippen LogP contribution >= 0.6 is 0 Å². The predicted molar refractivity (Wildman–Crippen MR) is 72.6 cm³/mol. The van der Waals surface area contributed by atoms with E-state index >= 15 is 0 Å². The van der Waals surface area contributed by atoms with Gasteiger partial charge in [-0.2, -0.15) is 0 Å². The number of hydrogen-bond donors (Lipinski definition) is 1. The van der Waals surface area contributed by atoms with Gasteiger partial charge < -0.3 is 9.84 Å². The van der Waals surface area contributed by atoms with Crippen LogP contribution in [-0.4, -0.2) is 23.7 Å². The first-order valence-corrected chi connectivity index (χ1v) is 6.77. The molecule has 0 radical (unpaired) electrons. The smallest absolute Gasteiger partial charge is 0.302 e. The second kappa shape index (κ2) is 6.22. The number of aliphatic carboxylic acids is 1. The van der Waals surface area contributed by atoms with Crippen LogP contribution in [0.25, 0.3) is 0 Å². The number of hydrogen-bond acceptors (Lipinski definition) is 3. The second-order valence-electron chi connectivity index (χ2n) is 5.93. The van der Waals surface area contributed by atoms with Crippen molar-refractivity contribution in [3.05, 3.63) is 11.6 Å². The zero-order chi connectivity index (χ0) is 14.6. The largest absolute Gasteiger partial charge is 0.481 e. The highest BCUT2D eigenvalue weighted by atomic mass is 16.5. The Labute approximate surface area is 114 Å². The summed E-state index contributed by atoms with van der Waals surface area (Å²) in [6.45, 7) is 7.84. The number of ether oxygens (including phenoxy) is 1. The summed E-state index contributed by atoms with van der Waals surface area (Å²) < 4.78 is 5.00. The van der Waals surface area contributed by atoms with Crippen LogP contribution in [0.3, 0.4) is 0 Å². The van der Waals surface area contributed by atoms with Crippen LogP contribution in [0, 0.1) is 17.3 Å². The van der Waals surface area contributed by atoms with E-state index in [0.717, 1.165) is 25.2 Å². The third-order valence-electron chi connectivity index (χ3n) is 4.28. The van der Waals surface area contributed by atoms with Crippen molar-refractivity contribution in [2.24, 2.45) is 17.3 Å². The molecule has 4 nitrogen and oxygen atoms in total. The van der Waals surface area contributed by atoms with Crippen LogP contribution in [0.5, 0.6) is 0 Å². The summed E-state index contributed by atoms with van der Waals surface area (Å²) in [6, 6.07) is 0. The summed E-state index contributed by atoms with van der Waals surface area (Å²) >= 11 is 0. The molecule has 1 fully saturated rings. The van der Waals surface area contributed by atoms with Crippen molar-refractivity contribution in [2.45, 2.75) is 47.0 Å². The predicted octanol–water partition coefficient (Wildman–Crippen LogP) is 3.02. The Morgan fingerprint density at radius 2 is 2.00 bits per heavy atom. The van der Waals surface area contributed by atoms with E-state index in [4.69, 9.17) is 14.6 Å². The van der Waals surface area contributed by atoms with Crippen molar-refractivity contribution in [2.75, 3.05) is 6.61 Å². The van der Waals surface area contributed by atoms with Crippen molar-refractivity contribution in [1.29, 1.82) is 0 Å². The first kappa shape index (κ1) is 15.7. The van der Waals surface area contributed by atoms with Crippen LogP contribution in [0.4, 0.5) is 0 Å². The summed E-state index contributed by atoms with van der Waals surface area (Å²) in [6.07, 6.45) is 5.87. The number of allylic oxidation sites excluding steroid dienone is 1. The summed E-state index contributed by atoms with van der Waals surface area (Å²) in [5.41, 5.74) is 2.00. The Hall–Kier alpha value is -1.32. The Kier molecular flexibility index (Phi) is 5.15. The second-order valence-corrected chi connectivity index (χ2v) is 5.93. The lowest BCUT2D eigenvalue weighted by Crippen LogP contribution is -2.48. The molecule has 2 bridgehead atoms. The normalized spacial score (nSPS) is 26.2. The van der Waals surface area contributed by atoms with E-state index in [-0.39, 0.29) is 5.97 Å². The van der Waals surface area contributed by atoms with Crippen molar-refractivity contribution in [1.82, 2.24) is 0 Å². The van der Waals surface area contributed by atoms with E-state index in [0.29, 0.717) is 12.0 Å². The third kappa shape index (κ3) is 4.08. The van der Waals surface area contributed by atoms with Gasteiger partial charge in [-0.25, -0.2) is 0 Å². The molecule has 3 aliphatic carbocycles. The van der Waals surface area contributed by atoms with Crippen molar-refractivity contribution in [3.8, 4) is 0 Å². The number of carbonyl (C=O) groups excluding carboxylic acids is 1. The first-order valence-electron chi connectivity index (χ1n) is 6.77. The molecule has 0 aromatic heterocycles. The summed E-state index contributed by atoms with van der Waals surface area (Å²) in [4.78, 5) is 19.7. The lowest BCUT2D eigenvalue weighted by molar-refractivity contribution is -0.141. The molecule has 4 heteroatoms. The number of fused-ring (bicyclic) bond motifs is 1. The number of esters is 1. The minimum absolute atomic E-state index is 0.169. The minimum atomic E-state index is -0.833. The Bertz CT molecular complexity index is 378. The molecule has 2 atom stereocenters. The van der Waals surface area contributed by atoms with Gasteiger partial charge in [0.15, 0.2) is 0 Å². The van der Waals surface area contributed by atoms with Gasteiger partial charge in [-0.3, -0.25) is 9.59 Å². The van der Waals surface area contributed by atoms with Crippen molar-refractivity contribution in [3.63, 3.8) is 0 Å². The highest BCUT2D eigenvalue weighted by Gasteiger charge is 2.50. The van der Waals surface area contributed by atoms with Gasteiger partial charge in [-0.1, -0.05) is 25.5 Å². The van der Waals surface area contributed by atoms with Crippen LogP contribution in [0.2, 0.25) is 0 Å². The van der Waals surface area contributed by atoms with Crippen LogP contribution in [0.1, 0.15) is 47.0 Å². The molecular weight excluding hydrogens is 244 g/mol. The lowest BCUT2D eigenvalue weighted by Gasteiger charge is -2.56. The number of carbonyl (C=O) groups is 2. The molecule has 0 aliphatic heterocycles. The van der Waals surface area contributed by atoms with E-state index < -0.39 is 5.97 Å². The molecular formula is C15H24O4. The molecule has 19 heavy (non-hydrogen) atoms. The molecule has 3 rings (SSSR count). The number of carboxylic acid groups (broad SMARTS) is 1. The minimum Gasteiger partial charge on any atom is -0.481 e. The average molecular weight is 268 g/mol. The van der Waals surface area contributed by atoms with Gasteiger partial charge in [-0.05, 0) is 30.1 Å². The molecule has 0 saturated heterocycles. The lowest BCUT2D eigenvalue weighted by atomic mass is 9.48. The van der Waals surface area contributed by atoms with Crippen LogP contribution in [0.15, 0.2) is 11.6 Å². The molecule has 0 amide bonds. The maximum atomic E-state index is 10.7. The van der Waals surface area contributed by atoms with Gasteiger partial charge in [-0.15, -0.1) is 0 Å². The Morgan fingerprint density at radius 1 is 1.42 bits per heavy atom. The quantitative estimate of drug-likeness (QED) is 0.631. The fraction of sp³-hybridized carbons (Fsp3) is 0.733. The summed E-state index contributed by atoms with van der Waals surface area (Å²) in [7, 11) is 0. The van der Waals surface area contributed by atoms with E-state index in [9.17, 15) is 4.79 Å². The standard InChI is InChI=1S/C13H20O2.C2H4O2/c1-9(14)15-7-6-10-4-5-11-8-12(10)13(11,2)3;1-2(3)4/h4,11-12H,5-8H2,1-3H3;1H3,(H,3,4). The molecule has 0 aromatic carbocycles. The maximum absolute atomic E-state index is 10.7. The summed E-state index contributed by atoms with van der Waals surface area (Å²) in [5, 5.41) is 7.42. The fourth-order valence-electron chi connectivity index (χ4n) is 3.07. The molecule has 1 saturated carbocycles. The van der Waals surface area contributed by atoms with Gasteiger partial charge in [0.25, 0.3) is 5.97 Å². The zero-order valence-electron chi connectivity index (χ0n) is 12.2. The van der Waals surface area contributed by atoms with Gasteiger partial charge in [0.05, 0.1) is 6.61 Å². The van der Waals surface area contributed by atoms with Gasteiger partial charge in [0, 0.05) is 20.3 Å². The van der Waals surface area contributed by atoms with E-state index in [2.05, 4.69) is 19.9 Å². The monoisotopic (exact) mass is 268 g/mol. The Balaban J connectivity index is 0.000000399. The van der Waals surface area contributed by atoms with E-state index in [1.165, 1.54) is 25.3 Å². The van der Waals surface area contributed by atoms with E-state index in [1.54, 1.807) is 0 Å². The maximum Gasteiger partial charge on any atom is 0.302 e. The molecule has 2 unspecified atom stereocenters. The van der Waals surface area contributed by atoms with Gasteiger partial charge in [0.1, 0.15) is 0 Å². The van der Waals surface area contributed by atoms with Crippen LogP contribution in [-0.2, 0) is 14.3 Å². The number of rotatable bonds is 3. The highest BCUT2D eigenvalue weighted by molar-refractivity contribution is 5.65. The first-order chi connectivity index (χ1) is 8.75. The van der Waals surface area contributed by atoms with E-state index in [1.807, 2.05) is 0 Å². The van der Waals surface area contributed by atoms with Crippen LogP contribution < -0.4 is 0 Å². The average Bonchev–Trinajstić information content (AvgIpc) is 2.27. The Morgan fingerprint density at radius 3 is 2.42 bits per heavy atom. The fourth-order valence-corrected chi connectivity index (χ4v) is 3.07. The summed E-state index contributed by atoms with van der Waals surface area (Å²) in [5.74, 6) is 0.629. The molecule has 1 N–H and O–H groups in total. The molecule has 0 aromatic rings. The van der Waals surface area contributed by atoms with Crippen molar-refractivity contribution < 1.29 is 19.4 Å². The van der Waals surface area contributed by atoms with Gasteiger partial charge >= 0.3 is 5.97 Å². The van der Waals surface area contributed by atoms with Gasteiger partial charge in [0.2, 0.25) is 0 Å². The molecule has 108 valence electrons. The topological polar surface area (TPSA) is 63.6 Å². The number of carboxylic acids is 1.